The molecule has 0 fully saturated rings. The highest BCUT2D eigenvalue weighted by Crippen LogP contribution is 2.24. The summed E-state index contributed by atoms with van der Waals surface area (Å²) in [5.41, 5.74) is 2.54. The normalized spacial score (nSPS) is 12.1. The molecule has 0 saturated carbocycles. The second-order valence-electron chi connectivity index (χ2n) is 5.23. The maximum Gasteiger partial charge on any atom is 0.0952 e. The first-order valence-corrected chi connectivity index (χ1v) is 7.01. The van der Waals surface area contributed by atoms with Gasteiger partial charge in [-0.05, 0) is 46.4 Å². The van der Waals surface area contributed by atoms with Crippen molar-refractivity contribution in [1.29, 1.82) is 0 Å². The Bertz CT molecular complexity index is 517. The van der Waals surface area contributed by atoms with Gasteiger partial charge in [-0.15, -0.1) is 11.3 Å². The molecule has 0 aliphatic carbocycles. The molecule has 0 saturated heterocycles. The van der Waals surface area contributed by atoms with Gasteiger partial charge < -0.3 is 9.88 Å². The summed E-state index contributed by atoms with van der Waals surface area (Å²) >= 11 is 1.87. The predicted molar refractivity (Wildman–Crippen MR) is 77.2 cm³/mol. The van der Waals surface area contributed by atoms with Crippen molar-refractivity contribution in [3.63, 3.8) is 0 Å². The topological polar surface area (TPSA) is 29.9 Å². The van der Waals surface area contributed by atoms with E-state index >= 15 is 0 Å². The minimum Gasteiger partial charge on any atom is -0.328 e. The first-order chi connectivity index (χ1) is 8.44. The predicted octanol–water partition coefficient (Wildman–Crippen LogP) is 3.06. The molecule has 1 N–H and O–H groups in total. The molecule has 2 rings (SSSR count). The van der Waals surface area contributed by atoms with Crippen molar-refractivity contribution >= 4 is 11.3 Å². The Balaban J connectivity index is 2.28. The molecule has 2 heterocycles. The van der Waals surface area contributed by atoms with Gasteiger partial charge in [0.05, 0.1) is 30.3 Å². The number of nitrogens with one attached hydrogen (secondary N) is 1. The number of imidazole rings is 1. The summed E-state index contributed by atoms with van der Waals surface area (Å²) in [6.07, 6.45) is 3.86. The number of thiophene rings is 1. The summed E-state index contributed by atoms with van der Waals surface area (Å²) in [6.45, 7) is 9.59. The van der Waals surface area contributed by atoms with Crippen LogP contribution in [0, 0.1) is 13.8 Å². The molecule has 0 amide bonds. The molecular formula is C14H21N3S. The van der Waals surface area contributed by atoms with Crippen LogP contribution in [-0.2, 0) is 12.1 Å². The molecule has 18 heavy (non-hydrogen) atoms. The Hall–Kier alpha value is -1.13. The molecule has 0 atom stereocenters. The molecule has 0 aliphatic heterocycles. The number of aromatic nitrogens is 2. The Morgan fingerprint density at radius 1 is 1.39 bits per heavy atom. The fourth-order valence-corrected chi connectivity index (χ4v) is 3.04. The summed E-state index contributed by atoms with van der Waals surface area (Å²) in [5.74, 6) is 0. The third-order valence-corrected chi connectivity index (χ3v) is 4.66. The minimum atomic E-state index is -0.0577. The molecule has 4 heteroatoms. The SMILES string of the molecule is CNC(C)(C)c1cncn1Cc1cc(C)c(C)s1. The number of aryl methyl sites for hydroxylation is 2. The van der Waals surface area contributed by atoms with Crippen LogP contribution in [0.3, 0.4) is 0 Å². The molecule has 0 aliphatic rings. The second-order valence-corrected chi connectivity index (χ2v) is 6.57. The zero-order valence-electron chi connectivity index (χ0n) is 11.7. The van der Waals surface area contributed by atoms with Crippen molar-refractivity contribution in [2.24, 2.45) is 0 Å². The van der Waals surface area contributed by atoms with Crippen molar-refractivity contribution in [3.05, 3.63) is 39.6 Å². The number of rotatable bonds is 4. The van der Waals surface area contributed by atoms with Gasteiger partial charge in [0, 0.05) is 9.75 Å². The number of nitrogens with zero attached hydrogens (tertiary/aromatic N) is 2. The molecule has 0 unspecified atom stereocenters. The van der Waals surface area contributed by atoms with Crippen molar-refractivity contribution in [1.82, 2.24) is 14.9 Å². The maximum absolute atomic E-state index is 4.29. The molecule has 0 aromatic carbocycles. The molecule has 3 nitrogen and oxygen atoms in total. The summed E-state index contributed by atoms with van der Waals surface area (Å²) in [4.78, 5) is 7.08. The molecule has 2 aromatic heterocycles. The largest absolute Gasteiger partial charge is 0.328 e. The van der Waals surface area contributed by atoms with Crippen LogP contribution in [-0.4, -0.2) is 16.6 Å². The molecule has 0 radical (unpaired) electrons. The van der Waals surface area contributed by atoms with Crippen molar-refractivity contribution < 1.29 is 0 Å². The Morgan fingerprint density at radius 3 is 2.67 bits per heavy atom. The van der Waals surface area contributed by atoms with Gasteiger partial charge in [-0.1, -0.05) is 0 Å². The van der Waals surface area contributed by atoms with E-state index < -0.39 is 0 Å². The maximum atomic E-state index is 4.29. The van der Waals surface area contributed by atoms with Crippen molar-refractivity contribution in [3.8, 4) is 0 Å². The Labute approximate surface area is 113 Å². The highest BCUT2D eigenvalue weighted by atomic mass is 32.1. The van der Waals surface area contributed by atoms with E-state index in [4.69, 9.17) is 0 Å². The molecule has 0 spiro atoms. The summed E-state index contributed by atoms with van der Waals surface area (Å²) in [5, 5.41) is 3.33. The van der Waals surface area contributed by atoms with Gasteiger partial charge in [-0.2, -0.15) is 0 Å². The van der Waals surface area contributed by atoms with Crippen LogP contribution in [0.2, 0.25) is 0 Å². The van der Waals surface area contributed by atoms with Gasteiger partial charge >= 0.3 is 0 Å². The molecular weight excluding hydrogens is 242 g/mol. The zero-order chi connectivity index (χ0) is 13.3. The first-order valence-electron chi connectivity index (χ1n) is 6.19. The van der Waals surface area contributed by atoms with Gasteiger partial charge in [-0.25, -0.2) is 4.98 Å². The molecule has 2 aromatic rings. The quantitative estimate of drug-likeness (QED) is 0.919. The monoisotopic (exact) mass is 263 g/mol. The lowest BCUT2D eigenvalue weighted by Crippen LogP contribution is -2.35. The first kappa shape index (κ1) is 13.3. The summed E-state index contributed by atoms with van der Waals surface area (Å²) in [7, 11) is 1.98. The smallest absolute Gasteiger partial charge is 0.0952 e. The second kappa shape index (κ2) is 4.86. The van der Waals surface area contributed by atoms with Crippen LogP contribution in [0.5, 0.6) is 0 Å². The van der Waals surface area contributed by atoms with Crippen LogP contribution in [0.25, 0.3) is 0 Å². The van der Waals surface area contributed by atoms with Gasteiger partial charge in [0.2, 0.25) is 0 Å². The van der Waals surface area contributed by atoms with Crippen LogP contribution >= 0.6 is 11.3 Å². The molecule has 98 valence electrons. The zero-order valence-corrected chi connectivity index (χ0v) is 12.6. The number of hydrogen-bond acceptors (Lipinski definition) is 3. The van der Waals surface area contributed by atoms with E-state index in [2.05, 4.69) is 48.6 Å². The standard InChI is InChI=1S/C14H21N3S/c1-10-6-12(18-11(10)2)8-17-9-16-7-13(17)14(3,4)15-5/h6-7,9,15H,8H2,1-5H3. The fourth-order valence-electron chi connectivity index (χ4n) is 1.99. The van der Waals surface area contributed by atoms with Crippen LogP contribution in [0.1, 0.15) is 34.9 Å². The van der Waals surface area contributed by atoms with Crippen LogP contribution in [0.15, 0.2) is 18.6 Å². The van der Waals surface area contributed by atoms with Crippen LogP contribution < -0.4 is 5.32 Å². The third kappa shape index (κ3) is 2.49. The Morgan fingerprint density at radius 2 is 2.11 bits per heavy atom. The van der Waals surface area contributed by atoms with E-state index in [-0.39, 0.29) is 5.54 Å². The highest BCUT2D eigenvalue weighted by Gasteiger charge is 2.22. The molecule has 0 bridgehead atoms. The average molecular weight is 263 g/mol. The van der Waals surface area contributed by atoms with Gasteiger partial charge in [-0.3, -0.25) is 0 Å². The Kier molecular flexibility index (Phi) is 3.59. The van der Waals surface area contributed by atoms with Crippen molar-refractivity contribution in [2.45, 2.75) is 39.8 Å². The highest BCUT2D eigenvalue weighted by molar-refractivity contribution is 7.12. The summed E-state index contributed by atoms with van der Waals surface area (Å²) < 4.78 is 2.22. The average Bonchev–Trinajstić information content (AvgIpc) is 2.88. The lowest BCUT2D eigenvalue weighted by molar-refractivity contribution is 0.414. The van der Waals surface area contributed by atoms with E-state index in [0.717, 1.165) is 6.54 Å². The van der Waals surface area contributed by atoms with Gasteiger partial charge in [0.25, 0.3) is 0 Å². The van der Waals surface area contributed by atoms with Crippen LogP contribution in [0.4, 0.5) is 0 Å². The number of hydrogen-bond donors (Lipinski definition) is 1. The van der Waals surface area contributed by atoms with E-state index in [1.165, 1.54) is 21.0 Å². The summed E-state index contributed by atoms with van der Waals surface area (Å²) in [6, 6.07) is 2.27. The van der Waals surface area contributed by atoms with E-state index in [0.29, 0.717) is 0 Å². The fraction of sp³-hybridized carbons (Fsp3) is 0.500. The van der Waals surface area contributed by atoms with Gasteiger partial charge in [0.15, 0.2) is 0 Å². The van der Waals surface area contributed by atoms with E-state index in [1.54, 1.807) is 0 Å². The minimum absolute atomic E-state index is 0.0577. The third-order valence-electron chi connectivity index (χ3n) is 3.52. The lowest BCUT2D eigenvalue weighted by atomic mass is 10.0. The van der Waals surface area contributed by atoms with E-state index in [9.17, 15) is 0 Å². The van der Waals surface area contributed by atoms with Crippen molar-refractivity contribution in [2.75, 3.05) is 7.05 Å². The van der Waals surface area contributed by atoms with Gasteiger partial charge in [0.1, 0.15) is 0 Å². The lowest BCUT2D eigenvalue weighted by Gasteiger charge is -2.25. The van der Waals surface area contributed by atoms with E-state index in [1.807, 2.05) is 30.9 Å².